The van der Waals surface area contributed by atoms with Crippen molar-refractivity contribution >= 4 is 31.4 Å². The van der Waals surface area contributed by atoms with Crippen molar-refractivity contribution in [2.45, 2.75) is 22.4 Å². The first-order chi connectivity index (χ1) is 10.2. The van der Waals surface area contributed by atoms with Crippen LogP contribution in [0.15, 0.2) is 45.5 Å². The number of thiophene rings is 1. The molecule has 2 rings (SSSR count). The summed E-state index contributed by atoms with van der Waals surface area (Å²) in [5.74, 6) is 0. The number of nitrogens with two attached hydrogens (primary N) is 1. The highest BCUT2D eigenvalue weighted by Gasteiger charge is 2.15. The van der Waals surface area contributed by atoms with Gasteiger partial charge in [-0.3, -0.25) is 0 Å². The van der Waals surface area contributed by atoms with Crippen molar-refractivity contribution in [1.29, 1.82) is 0 Å². The molecule has 120 valence electrons. The zero-order valence-electron chi connectivity index (χ0n) is 11.8. The van der Waals surface area contributed by atoms with Crippen molar-refractivity contribution in [2.75, 3.05) is 6.54 Å². The van der Waals surface area contributed by atoms with Crippen molar-refractivity contribution < 1.29 is 16.8 Å². The lowest BCUT2D eigenvalue weighted by Gasteiger charge is -2.05. The summed E-state index contributed by atoms with van der Waals surface area (Å²) in [5, 5.41) is 5.01. The van der Waals surface area contributed by atoms with Crippen molar-refractivity contribution in [3.05, 3.63) is 46.8 Å². The van der Waals surface area contributed by atoms with Gasteiger partial charge in [0, 0.05) is 11.4 Å². The van der Waals surface area contributed by atoms with E-state index in [1.165, 1.54) is 23.5 Å². The number of nitrogens with one attached hydrogen (secondary N) is 1. The molecule has 2 aromatic rings. The number of hydrogen-bond donors (Lipinski definition) is 2. The van der Waals surface area contributed by atoms with Crippen LogP contribution in [0.1, 0.15) is 10.4 Å². The first kappa shape index (κ1) is 17.1. The van der Waals surface area contributed by atoms with Crippen LogP contribution in [0.25, 0.3) is 0 Å². The molecule has 0 atom stereocenters. The molecule has 1 aromatic carbocycles. The lowest BCUT2D eigenvalue weighted by molar-refractivity contribution is 0.583. The zero-order chi connectivity index (χ0) is 16.4. The molecular weight excluding hydrogens is 344 g/mol. The Morgan fingerprint density at radius 3 is 2.18 bits per heavy atom. The van der Waals surface area contributed by atoms with Crippen LogP contribution in [0.3, 0.4) is 0 Å². The molecule has 0 fully saturated rings. The van der Waals surface area contributed by atoms with Gasteiger partial charge in [0.25, 0.3) is 0 Å². The van der Waals surface area contributed by atoms with Gasteiger partial charge in [0.05, 0.1) is 4.90 Å². The summed E-state index contributed by atoms with van der Waals surface area (Å²) in [5.41, 5.74) is 0.817. The number of aryl methyl sites for hydroxylation is 1. The lowest BCUT2D eigenvalue weighted by atomic mass is 10.2. The Bertz CT molecular complexity index is 853. The molecule has 3 N–H and O–H groups in total. The highest BCUT2D eigenvalue weighted by Crippen LogP contribution is 2.20. The van der Waals surface area contributed by atoms with Crippen molar-refractivity contribution in [2.24, 2.45) is 5.14 Å². The van der Waals surface area contributed by atoms with Crippen molar-refractivity contribution in [3.8, 4) is 0 Å². The summed E-state index contributed by atoms with van der Waals surface area (Å²) in [6.07, 6.45) is 0.453. The highest BCUT2D eigenvalue weighted by atomic mass is 32.2. The SMILES string of the molecule is Cc1ccc(S(=O)(=O)NCCc2ccc(S(N)(=O)=O)cc2)s1. The Labute approximate surface area is 134 Å². The molecule has 0 unspecified atom stereocenters. The fourth-order valence-electron chi connectivity index (χ4n) is 1.80. The van der Waals surface area contributed by atoms with E-state index in [0.717, 1.165) is 10.4 Å². The number of benzene rings is 1. The minimum absolute atomic E-state index is 0.0332. The predicted octanol–water partition coefficient (Wildman–Crippen LogP) is 1.22. The molecule has 22 heavy (non-hydrogen) atoms. The fraction of sp³-hybridized carbons (Fsp3) is 0.231. The lowest BCUT2D eigenvalue weighted by Crippen LogP contribution is -2.25. The minimum atomic E-state index is -3.71. The standard InChI is InChI=1S/C13H16N2O4S3/c1-10-2-7-13(20-10)22(18,19)15-9-8-11-3-5-12(6-4-11)21(14,16)17/h2-7,15H,8-9H2,1H3,(H2,14,16,17). The summed E-state index contributed by atoms with van der Waals surface area (Å²) in [4.78, 5) is 0.963. The van der Waals surface area contributed by atoms with E-state index in [4.69, 9.17) is 5.14 Å². The molecule has 0 saturated carbocycles. The Balaban J connectivity index is 1.96. The molecule has 1 heterocycles. The average molecular weight is 360 g/mol. The van der Waals surface area contributed by atoms with Gasteiger partial charge < -0.3 is 0 Å². The van der Waals surface area contributed by atoms with Crippen molar-refractivity contribution in [3.63, 3.8) is 0 Å². The first-order valence-electron chi connectivity index (χ1n) is 6.36. The molecule has 0 saturated heterocycles. The molecule has 0 aliphatic carbocycles. The number of rotatable bonds is 6. The summed E-state index contributed by atoms with van der Waals surface area (Å²) >= 11 is 1.21. The third kappa shape index (κ3) is 4.37. The van der Waals surface area contributed by atoms with Crippen LogP contribution in [0, 0.1) is 6.92 Å². The molecule has 0 aliphatic rings. The predicted molar refractivity (Wildman–Crippen MR) is 85.8 cm³/mol. The van der Waals surface area contributed by atoms with Gasteiger partial charge in [0.15, 0.2) is 0 Å². The van der Waals surface area contributed by atoms with E-state index in [1.54, 1.807) is 24.3 Å². The van der Waals surface area contributed by atoms with Crippen LogP contribution in [-0.4, -0.2) is 23.4 Å². The van der Waals surface area contributed by atoms with E-state index in [2.05, 4.69) is 4.72 Å². The summed E-state index contributed by atoms with van der Waals surface area (Å²) in [7, 11) is -7.20. The minimum Gasteiger partial charge on any atom is -0.225 e. The zero-order valence-corrected chi connectivity index (χ0v) is 14.3. The van der Waals surface area contributed by atoms with E-state index in [1.807, 2.05) is 6.92 Å². The number of primary sulfonamides is 1. The van der Waals surface area contributed by atoms with E-state index in [9.17, 15) is 16.8 Å². The second-order valence-electron chi connectivity index (χ2n) is 4.70. The average Bonchev–Trinajstić information content (AvgIpc) is 2.86. The molecule has 0 radical (unpaired) electrons. The van der Waals surface area contributed by atoms with E-state index in [0.29, 0.717) is 6.42 Å². The topological polar surface area (TPSA) is 106 Å². The van der Waals surface area contributed by atoms with Crippen LogP contribution < -0.4 is 9.86 Å². The fourth-order valence-corrected chi connectivity index (χ4v) is 4.68. The van der Waals surface area contributed by atoms with Crippen LogP contribution in [0.4, 0.5) is 0 Å². The summed E-state index contributed by atoms with van der Waals surface area (Å²) in [6.45, 7) is 2.07. The monoisotopic (exact) mass is 360 g/mol. The quantitative estimate of drug-likeness (QED) is 0.808. The van der Waals surface area contributed by atoms with Crippen LogP contribution in [-0.2, 0) is 26.5 Å². The maximum Gasteiger partial charge on any atom is 0.250 e. The van der Waals surface area contributed by atoms with Gasteiger partial charge in [-0.1, -0.05) is 12.1 Å². The van der Waals surface area contributed by atoms with Gasteiger partial charge in [0.1, 0.15) is 4.21 Å². The van der Waals surface area contributed by atoms with Crippen LogP contribution in [0.5, 0.6) is 0 Å². The molecule has 0 spiro atoms. The van der Waals surface area contributed by atoms with Gasteiger partial charge >= 0.3 is 0 Å². The second-order valence-corrected chi connectivity index (χ2v) is 9.54. The van der Waals surface area contributed by atoms with Gasteiger partial charge in [-0.05, 0) is 43.2 Å². The molecule has 0 aliphatic heterocycles. The third-order valence-corrected chi connectivity index (χ3v) is 6.82. The maximum atomic E-state index is 12.0. The molecule has 1 aromatic heterocycles. The molecular formula is C13H16N2O4S3. The Morgan fingerprint density at radius 2 is 1.68 bits per heavy atom. The molecule has 0 amide bonds. The highest BCUT2D eigenvalue weighted by molar-refractivity contribution is 7.91. The van der Waals surface area contributed by atoms with E-state index >= 15 is 0 Å². The maximum absolute atomic E-state index is 12.0. The van der Waals surface area contributed by atoms with E-state index < -0.39 is 20.0 Å². The van der Waals surface area contributed by atoms with Gasteiger partial charge in [-0.15, -0.1) is 11.3 Å². The van der Waals surface area contributed by atoms with E-state index in [-0.39, 0.29) is 15.6 Å². The molecule has 0 bridgehead atoms. The third-order valence-electron chi connectivity index (χ3n) is 2.94. The van der Waals surface area contributed by atoms with Gasteiger partial charge in [0.2, 0.25) is 20.0 Å². The number of hydrogen-bond acceptors (Lipinski definition) is 5. The van der Waals surface area contributed by atoms with Crippen molar-refractivity contribution in [1.82, 2.24) is 4.72 Å². The number of sulfonamides is 2. The Morgan fingerprint density at radius 1 is 1.05 bits per heavy atom. The van der Waals surface area contributed by atoms with Gasteiger partial charge in [-0.2, -0.15) is 0 Å². The smallest absolute Gasteiger partial charge is 0.225 e. The van der Waals surface area contributed by atoms with Crippen LogP contribution in [0.2, 0.25) is 0 Å². The normalized spacial score (nSPS) is 12.5. The Hall–Kier alpha value is -1.26. The summed E-state index contributed by atoms with van der Waals surface area (Å²) < 4.78 is 49.1. The largest absolute Gasteiger partial charge is 0.250 e. The molecule has 6 nitrogen and oxygen atoms in total. The Kier molecular flexibility index (Phi) is 5.03. The molecule has 9 heteroatoms. The van der Waals surface area contributed by atoms with Crippen LogP contribution >= 0.6 is 11.3 Å². The first-order valence-corrected chi connectivity index (χ1v) is 10.2. The summed E-state index contributed by atoms with van der Waals surface area (Å²) in [6, 6.07) is 9.37. The van der Waals surface area contributed by atoms with Gasteiger partial charge in [-0.25, -0.2) is 26.7 Å². The second kappa shape index (κ2) is 6.47.